The Balaban J connectivity index is 2.21. The van der Waals surface area contributed by atoms with Crippen molar-refractivity contribution >= 4 is 34.8 Å². The monoisotopic (exact) mass is 360 g/mol. The summed E-state index contributed by atoms with van der Waals surface area (Å²) in [7, 11) is 0. The molecule has 2 aromatic carbocycles. The minimum Gasteiger partial charge on any atom is -0.490 e. The third kappa shape index (κ3) is 5.50. The maximum absolute atomic E-state index is 12.6. The number of ether oxygens (including phenoxy) is 1. The van der Waals surface area contributed by atoms with Gasteiger partial charge in [0.05, 0.1) is 11.7 Å². The molecule has 0 fully saturated rings. The van der Waals surface area contributed by atoms with Crippen LogP contribution in [0.15, 0.2) is 42.5 Å². The first-order valence-electron chi connectivity index (χ1n) is 8.06. The minimum atomic E-state index is -0.336. The van der Waals surface area contributed by atoms with E-state index in [4.69, 9.17) is 16.3 Å². The standard InChI is InChI=1S/C19H21ClN2O3/c1-4-18(23)21-14-6-5-7-15(11-14)22-19(24)16-10-13(20)8-9-17(16)25-12(2)3/h5-12H,4H2,1-3H3,(H,21,23)(H,22,24). The topological polar surface area (TPSA) is 67.4 Å². The van der Waals surface area contributed by atoms with Crippen LogP contribution in [0.3, 0.4) is 0 Å². The zero-order valence-electron chi connectivity index (χ0n) is 14.4. The van der Waals surface area contributed by atoms with Crippen molar-refractivity contribution in [3.05, 3.63) is 53.1 Å². The molecular weight excluding hydrogens is 340 g/mol. The van der Waals surface area contributed by atoms with Gasteiger partial charge in [-0.25, -0.2) is 0 Å². The highest BCUT2D eigenvalue weighted by Gasteiger charge is 2.15. The molecule has 25 heavy (non-hydrogen) atoms. The first kappa shape index (κ1) is 18.8. The highest BCUT2D eigenvalue weighted by atomic mass is 35.5. The molecule has 0 atom stereocenters. The smallest absolute Gasteiger partial charge is 0.259 e. The second-order valence-electron chi connectivity index (χ2n) is 5.74. The van der Waals surface area contributed by atoms with Crippen LogP contribution in [0, 0.1) is 0 Å². The maximum atomic E-state index is 12.6. The highest BCUT2D eigenvalue weighted by Crippen LogP contribution is 2.25. The summed E-state index contributed by atoms with van der Waals surface area (Å²) in [4.78, 5) is 24.1. The van der Waals surface area contributed by atoms with E-state index in [1.807, 2.05) is 13.8 Å². The average molecular weight is 361 g/mol. The maximum Gasteiger partial charge on any atom is 0.259 e. The normalized spacial score (nSPS) is 10.4. The lowest BCUT2D eigenvalue weighted by molar-refractivity contribution is -0.115. The average Bonchev–Trinajstić information content (AvgIpc) is 2.56. The Morgan fingerprint density at radius 2 is 1.76 bits per heavy atom. The lowest BCUT2D eigenvalue weighted by Crippen LogP contribution is -2.16. The molecular formula is C19H21ClN2O3. The van der Waals surface area contributed by atoms with Gasteiger partial charge in [-0.1, -0.05) is 24.6 Å². The third-order valence-corrected chi connectivity index (χ3v) is 3.51. The van der Waals surface area contributed by atoms with Crippen LogP contribution in [0.5, 0.6) is 5.75 Å². The Hall–Kier alpha value is -2.53. The summed E-state index contributed by atoms with van der Waals surface area (Å²) in [6, 6.07) is 11.9. The van der Waals surface area contributed by atoms with E-state index in [1.165, 1.54) is 0 Å². The molecule has 0 aliphatic rings. The zero-order chi connectivity index (χ0) is 18.4. The van der Waals surface area contributed by atoms with Crippen LogP contribution in [0.25, 0.3) is 0 Å². The summed E-state index contributed by atoms with van der Waals surface area (Å²) in [6.07, 6.45) is 0.315. The van der Waals surface area contributed by atoms with Crippen LogP contribution in [0.1, 0.15) is 37.6 Å². The second-order valence-corrected chi connectivity index (χ2v) is 6.18. The van der Waals surface area contributed by atoms with E-state index in [1.54, 1.807) is 49.4 Å². The van der Waals surface area contributed by atoms with Gasteiger partial charge in [-0.15, -0.1) is 0 Å². The molecule has 0 aromatic heterocycles. The number of amides is 2. The van der Waals surface area contributed by atoms with Gasteiger partial charge in [-0.2, -0.15) is 0 Å². The third-order valence-electron chi connectivity index (χ3n) is 3.27. The van der Waals surface area contributed by atoms with Gasteiger partial charge in [0.15, 0.2) is 0 Å². The van der Waals surface area contributed by atoms with Gasteiger partial charge in [0.1, 0.15) is 5.75 Å². The van der Waals surface area contributed by atoms with E-state index >= 15 is 0 Å². The van der Waals surface area contributed by atoms with Crippen molar-refractivity contribution in [1.82, 2.24) is 0 Å². The molecule has 2 rings (SSSR count). The van der Waals surface area contributed by atoms with Crippen molar-refractivity contribution in [2.24, 2.45) is 0 Å². The van der Waals surface area contributed by atoms with E-state index in [0.717, 1.165) is 0 Å². The molecule has 0 spiro atoms. The number of benzene rings is 2. The van der Waals surface area contributed by atoms with Crippen molar-refractivity contribution in [3.63, 3.8) is 0 Å². The number of carbonyl (C=O) groups excluding carboxylic acids is 2. The van der Waals surface area contributed by atoms with Crippen molar-refractivity contribution in [1.29, 1.82) is 0 Å². The van der Waals surface area contributed by atoms with E-state index in [2.05, 4.69) is 10.6 Å². The lowest BCUT2D eigenvalue weighted by atomic mass is 10.1. The number of carbonyl (C=O) groups is 2. The van der Waals surface area contributed by atoms with Crippen molar-refractivity contribution < 1.29 is 14.3 Å². The Bertz CT molecular complexity index is 775. The minimum absolute atomic E-state index is 0.0692. The van der Waals surface area contributed by atoms with Crippen molar-refractivity contribution in [2.45, 2.75) is 33.3 Å². The molecule has 132 valence electrons. The molecule has 0 saturated carbocycles. The molecule has 0 aliphatic carbocycles. The first-order valence-corrected chi connectivity index (χ1v) is 8.44. The molecule has 5 nitrogen and oxygen atoms in total. The summed E-state index contributed by atoms with van der Waals surface area (Å²) in [5.74, 6) is 0.0374. The molecule has 2 aromatic rings. The number of rotatable bonds is 6. The van der Waals surface area contributed by atoms with Gasteiger partial charge >= 0.3 is 0 Å². The van der Waals surface area contributed by atoms with Gasteiger partial charge in [0.25, 0.3) is 5.91 Å². The molecule has 2 N–H and O–H groups in total. The Morgan fingerprint density at radius 3 is 2.40 bits per heavy atom. The quantitative estimate of drug-likeness (QED) is 0.782. The Morgan fingerprint density at radius 1 is 1.08 bits per heavy atom. The molecule has 0 aliphatic heterocycles. The zero-order valence-corrected chi connectivity index (χ0v) is 15.2. The van der Waals surface area contributed by atoms with Gasteiger partial charge in [0.2, 0.25) is 5.91 Å². The summed E-state index contributed by atoms with van der Waals surface area (Å²) in [5.41, 5.74) is 1.54. The fourth-order valence-electron chi connectivity index (χ4n) is 2.16. The fourth-order valence-corrected chi connectivity index (χ4v) is 2.33. The largest absolute Gasteiger partial charge is 0.490 e. The fraction of sp³-hybridized carbons (Fsp3) is 0.263. The molecule has 0 saturated heterocycles. The molecule has 0 bridgehead atoms. The number of anilines is 2. The highest BCUT2D eigenvalue weighted by molar-refractivity contribution is 6.31. The van der Waals surface area contributed by atoms with Gasteiger partial charge < -0.3 is 15.4 Å². The molecule has 0 unspecified atom stereocenters. The summed E-state index contributed by atoms with van der Waals surface area (Å²) >= 11 is 6.02. The Labute approximate surface area is 152 Å². The van der Waals surface area contributed by atoms with Crippen LogP contribution in [-0.2, 0) is 4.79 Å². The van der Waals surface area contributed by atoms with Crippen LogP contribution < -0.4 is 15.4 Å². The number of nitrogens with one attached hydrogen (secondary N) is 2. The van der Waals surface area contributed by atoms with E-state index in [-0.39, 0.29) is 17.9 Å². The predicted octanol–water partition coefficient (Wildman–Crippen LogP) is 4.73. The van der Waals surface area contributed by atoms with Gasteiger partial charge in [0, 0.05) is 22.8 Å². The van der Waals surface area contributed by atoms with Gasteiger partial charge in [-0.3, -0.25) is 9.59 Å². The Kier molecular flexibility index (Phi) is 6.42. The van der Waals surface area contributed by atoms with Crippen LogP contribution in [0.4, 0.5) is 11.4 Å². The SMILES string of the molecule is CCC(=O)Nc1cccc(NC(=O)c2cc(Cl)ccc2OC(C)C)c1. The number of halogens is 1. The number of hydrogen-bond acceptors (Lipinski definition) is 3. The second kappa shape index (κ2) is 8.53. The van der Waals surface area contributed by atoms with Crippen molar-refractivity contribution in [2.75, 3.05) is 10.6 Å². The van der Waals surface area contributed by atoms with E-state index < -0.39 is 0 Å². The predicted molar refractivity (Wildman–Crippen MR) is 101 cm³/mol. The van der Waals surface area contributed by atoms with Crippen LogP contribution >= 0.6 is 11.6 Å². The summed E-state index contributed by atoms with van der Waals surface area (Å²) < 4.78 is 5.67. The first-order chi connectivity index (χ1) is 11.9. The lowest BCUT2D eigenvalue weighted by Gasteiger charge is -2.15. The van der Waals surface area contributed by atoms with E-state index in [0.29, 0.717) is 34.1 Å². The number of hydrogen-bond donors (Lipinski definition) is 2. The van der Waals surface area contributed by atoms with E-state index in [9.17, 15) is 9.59 Å². The van der Waals surface area contributed by atoms with Gasteiger partial charge in [-0.05, 0) is 50.2 Å². The summed E-state index contributed by atoms with van der Waals surface area (Å²) in [6.45, 7) is 5.54. The van der Waals surface area contributed by atoms with Crippen LogP contribution in [0.2, 0.25) is 5.02 Å². The molecule has 0 radical (unpaired) electrons. The molecule has 6 heteroatoms. The van der Waals surface area contributed by atoms with Crippen LogP contribution in [-0.4, -0.2) is 17.9 Å². The summed E-state index contributed by atoms with van der Waals surface area (Å²) in [5, 5.41) is 6.01. The molecule has 0 heterocycles. The van der Waals surface area contributed by atoms with Crippen molar-refractivity contribution in [3.8, 4) is 5.75 Å². The molecule has 2 amide bonds.